The zero-order chi connectivity index (χ0) is 14.8. The van der Waals surface area contributed by atoms with Crippen molar-refractivity contribution in [3.05, 3.63) is 60.2 Å². The fourth-order valence-corrected chi connectivity index (χ4v) is 2.71. The zero-order valence-electron chi connectivity index (χ0n) is 11.8. The quantitative estimate of drug-likeness (QED) is 0.599. The maximum Gasteiger partial charge on any atom is 0.174 e. The lowest BCUT2D eigenvalue weighted by atomic mass is 10.2. The molecule has 2 aromatic carbocycles. The van der Waals surface area contributed by atoms with Crippen molar-refractivity contribution in [1.82, 2.24) is 5.32 Å². The first kappa shape index (κ1) is 15.4. The first-order valence-corrected chi connectivity index (χ1v) is 7.85. The lowest BCUT2D eigenvalue weighted by Gasteiger charge is -2.10. The van der Waals surface area contributed by atoms with Crippen molar-refractivity contribution in [2.75, 3.05) is 18.9 Å². The van der Waals surface area contributed by atoms with Gasteiger partial charge in [0.25, 0.3) is 0 Å². The average molecular weight is 298 g/mol. The van der Waals surface area contributed by atoms with Crippen LogP contribution in [-0.4, -0.2) is 18.9 Å². The highest BCUT2D eigenvalue weighted by atomic mass is 32.2. The van der Waals surface area contributed by atoms with E-state index >= 15 is 0 Å². The molecule has 0 aromatic heterocycles. The molecule has 0 unspecified atom stereocenters. The third kappa shape index (κ3) is 5.50. The van der Waals surface area contributed by atoms with Crippen molar-refractivity contribution in [2.45, 2.75) is 11.4 Å². The molecule has 3 nitrogen and oxygen atoms in total. The summed E-state index contributed by atoms with van der Waals surface area (Å²) in [6, 6.07) is 20.2. The summed E-state index contributed by atoms with van der Waals surface area (Å²) in [5, 5.41) is 12.0. The molecular formula is C17H18N2OS. The van der Waals surface area contributed by atoms with Crippen LogP contribution in [0.1, 0.15) is 5.56 Å². The van der Waals surface area contributed by atoms with E-state index in [-0.39, 0.29) is 6.61 Å². The molecule has 0 atom stereocenters. The van der Waals surface area contributed by atoms with Gasteiger partial charge in [0.15, 0.2) is 6.61 Å². The number of nitrogens with zero attached hydrogens (tertiary/aromatic N) is 1. The van der Waals surface area contributed by atoms with Gasteiger partial charge in [-0.25, -0.2) is 0 Å². The molecule has 0 radical (unpaired) electrons. The number of para-hydroxylation sites is 1. The van der Waals surface area contributed by atoms with Gasteiger partial charge in [-0.2, -0.15) is 5.26 Å². The summed E-state index contributed by atoms with van der Waals surface area (Å²) in [7, 11) is 0. The number of hydrogen-bond donors (Lipinski definition) is 1. The van der Waals surface area contributed by atoms with Crippen LogP contribution in [0.5, 0.6) is 5.75 Å². The third-order valence-electron chi connectivity index (χ3n) is 2.87. The number of thioether (sulfide) groups is 1. The zero-order valence-corrected chi connectivity index (χ0v) is 12.6. The Balaban J connectivity index is 1.72. The highest BCUT2D eigenvalue weighted by Gasteiger charge is 2.02. The standard InChI is InChI=1S/C17H18N2OS/c18-10-12-20-17-9-5-4-6-15(17)14-19-11-13-21-16-7-2-1-3-8-16/h1-9,19H,11-14H2. The maximum atomic E-state index is 8.58. The van der Waals surface area contributed by atoms with Gasteiger partial charge in [-0.3, -0.25) is 0 Å². The molecule has 0 saturated heterocycles. The van der Waals surface area contributed by atoms with Crippen LogP contribution in [0.4, 0.5) is 0 Å². The van der Waals surface area contributed by atoms with Crippen LogP contribution in [0, 0.1) is 11.3 Å². The van der Waals surface area contributed by atoms with Crippen molar-refractivity contribution in [2.24, 2.45) is 0 Å². The molecule has 0 heterocycles. The molecule has 2 rings (SSSR count). The van der Waals surface area contributed by atoms with Gasteiger partial charge in [-0.05, 0) is 18.2 Å². The van der Waals surface area contributed by atoms with Crippen LogP contribution in [0.2, 0.25) is 0 Å². The van der Waals surface area contributed by atoms with E-state index in [2.05, 4.69) is 29.6 Å². The molecular weight excluding hydrogens is 280 g/mol. The molecule has 0 fully saturated rings. The lowest BCUT2D eigenvalue weighted by molar-refractivity contribution is 0.363. The minimum atomic E-state index is 0.0842. The van der Waals surface area contributed by atoms with Gasteiger partial charge in [0.05, 0.1) is 0 Å². The normalized spacial score (nSPS) is 10.0. The van der Waals surface area contributed by atoms with Crippen molar-refractivity contribution in [3.63, 3.8) is 0 Å². The molecule has 0 aliphatic carbocycles. The second kappa shape index (κ2) is 9.06. The molecule has 108 valence electrons. The Morgan fingerprint density at radius 2 is 1.81 bits per heavy atom. The van der Waals surface area contributed by atoms with E-state index in [9.17, 15) is 0 Å². The molecule has 4 heteroatoms. The largest absolute Gasteiger partial charge is 0.478 e. The van der Waals surface area contributed by atoms with E-state index in [1.54, 1.807) is 0 Å². The first-order valence-electron chi connectivity index (χ1n) is 6.86. The van der Waals surface area contributed by atoms with Crippen LogP contribution in [-0.2, 0) is 6.54 Å². The monoisotopic (exact) mass is 298 g/mol. The Kier molecular flexibility index (Phi) is 6.66. The van der Waals surface area contributed by atoms with E-state index in [1.165, 1.54) is 4.90 Å². The highest BCUT2D eigenvalue weighted by molar-refractivity contribution is 7.99. The number of nitriles is 1. The summed E-state index contributed by atoms with van der Waals surface area (Å²) < 4.78 is 5.41. The first-order chi connectivity index (χ1) is 10.4. The number of benzene rings is 2. The van der Waals surface area contributed by atoms with E-state index in [0.717, 1.165) is 30.2 Å². The number of rotatable bonds is 8. The average Bonchev–Trinajstić information content (AvgIpc) is 2.54. The van der Waals surface area contributed by atoms with Gasteiger partial charge in [0, 0.05) is 29.3 Å². The van der Waals surface area contributed by atoms with Crippen LogP contribution in [0.3, 0.4) is 0 Å². The summed E-state index contributed by atoms with van der Waals surface area (Å²) >= 11 is 1.84. The fourth-order valence-electron chi connectivity index (χ4n) is 1.88. The van der Waals surface area contributed by atoms with E-state index < -0.39 is 0 Å². The number of ether oxygens (including phenoxy) is 1. The summed E-state index contributed by atoms with van der Waals surface area (Å²) in [5.41, 5.74) is 1.08. The second-order valence-corrected chi connectivity index (χ2v) is 5.56. The minimum absolute atomic E-state index is 0.0842. The van der Waals surface area contributed by atoms with Gasteiger partial charge >= 0.3 is 0 Å². The van der Waals surface area contributed by atoms with Gasteiger partial charge in [-0.1, -0.05) is 36.4 Å². The molecule has 0 bridgehead atoms. The predicted octanol–water partition coefficient (Wildman–Crippen LogP) is 3.47. The Morgan fingerprint density at radius 1 is 1.05 bits per heavy atom. The van der Waals surface area contributed by atoms with Crippen LogP contribution >= 0.6 is 11.8 Å². The van der Waals surface area contributed by atoms with Crippen molar-refractivity contribution >= 4 is 11.8 Å². The molecule has 0 spiro atoms. The molecule has 0 aliphatic rings. The maximum absolute atomic E-state index is 8.58. The van der Waals surface area contributed by atoms with Gasteiger partial charge in [0.2, 0.25) is 0 Å². The Hall–Kier alpha value is -1.96. The van der Waals surface area contributed by atoms with E-state index in [0.29, 0.717) is 0 Å². The van der Waals surface area contributed by atoms with Crippen molar-refractivity contribution < 1.29 is 4.74 Å². The Bertz CT molecular complexity index is 581. The molecule has 21 heavy (non-hydrogen) atoms. The van der Waals surface area contributed by atoms with Crippen molar-refractivity contribution in [1.29, 1.82) is 5.26 Å². The van der Waals surface area contributed by atoms with E-state index in [4.69, 9.17) is 10.00 Å². The SMILES string of the molecule is N#CCOc1ccccc1CNCCSc1ccccc1. The topological polar surface area (TPSA) is 45.0 Å². The predicted molar refractivity (Wildman–Crippen MR) is 86.4 cm³/mol. The van der Waals surface area contributed by atoms with Crippen molar-refractivity contribution in [3.8, 4) is 11.8 Å². The van der Waals surface area contributed by atoms with Crippen LogP contribution in [0.25, 0.3) is 0 Å². The smallest absolute Gasteiger partial charge is 0.174 e. The molecule has 0 amide bonds. The minimum Gasteiger partial charge on any atom is -0.478 e. The van der Waals surface area contributed by atoms with Gasteiger partial charge < -0.3 is 10.1 Å². The highest BCUT2D eigenvalue weighted by Crippen LogP contribution is 2.18. The van der Waals surface area contributed by atoms with E-state index in [1.807, 2.05) is 48.2 Å². The van der Waals surface area contributed by atoms with Gasteiger partial charge in [-0.15, -0.1) is 11.8 Å². The Labute approximate surface area is 129 Å². The van der Waals surface area contributed by atoms with Crippen LogP contribution in [0.15, 0.2) is 59.5 Å². The molecule has 2 aromatic rings. The molecule has 0 saturated carbocycles. The number of hydrogen-bond acceptors (Lipinski definition) is 4. The fraction of sp³-hybridized carbons (Fsp3) is 0.235. The third-order valence-corrected chi connectivity index (χ3v) is 3.88. The summed E-state index contributed by atoms with van der Waals surface area (Å²) in [4.78, 5) is 1.29. The Morgan fingerprint density at radius 3 is 2.62 bits per heavy atom. The molecule has 1 N–H and O–H groups in total. The second-order valence-electron chi connectivity index (χ2n) is 4.39. The van der Waals surface area contributed by atoms with Gasteiger partial charge in [0.1, 0.15) is 11.8 Å². The number of nitrogens with one attached hydrogen (secondary N) is 1. The summed E-state index contributed by atoms with van der Waals surface area (Å²) in [5.74, 6) is 1.80. The molecule has 0 aliphatic heterocycles. The summed E-state index contributed by atoms with van der Waals surface area (Å²) in [6.07, 6.45) is 0. The lowest BCUT2D eigenvalue weighted by Crippen LogP contribution is -2.17. The van der Waals surface area contributed by atoms with Crippen LogP contribution < -0.4 is 10.1 Å². The summed E-state index contributed by atoms with van der Waals surface area (Å²) in [6.45, 7) is 1.75.